The first kappa shape index (κ1) is 13.5. The quantitative estimate of drug-likeness (QED) is 0.899. The van der Waals surface area contributed by atoms with Crippen molar-refractivity contribution < 1.29 is 14.7 Å². The number of amides is 1. The largest absolute Gasteiger partial charge is 0.480 e. The number of aromatic nitrogens is 2. The van der Waals surface area contributed by atoms with Gasteiger partial charge in [-0.2, -0.15) is 0 Å². The number of carbonyl (C=O) groups excluding carboxylic acids is 1. The van der Waals surface area contributed by atoms with Gasteiger partial charge in [-0.15, -0.1) is 5.10 Å². The highest BCUT2D eigenvalue weighted by molar-refractivity contribution is 7.03. The van der Waals surface area contributed by atoms with Crippen LogP contribution in [0.4, 0.5) is 0 Å². The fourth-order valence-corrected chi connectivity index (χ4v) is 3.99. The molecule has 1 aromatic heterocycles. The monoisotopic (exact) mass is 295 g/mol. The molecule has 2 aliphatic rings. The Balaban J connectivity index is 1.91. The highest BCUT2D eigenvalue weighted by Crippen LogP contribution is 2.38. The Morgan fingerprint density at radius 3 is 2.75 bits per heavy atom. The number of carboxylic acids is 1. The molecule has 3 atom stereocenters. The first-order valence-corrected chi connectivity index (χ1v) is 7.84. The second-order valence-electron chi connectivity index (χ2n) is 5.55. The molecular formula is C13H17N3O3S. The Bertz CT molecular complexity index is 505. The number of aliphatic carboxylic acids is 1. The summed E-state index contributed by atoms with van der Waals surface area (Å²) >= 11 is 1.11. The number of nitrogens with zero attached hydrogens (tertiary/aromatic N) is 3. The van der Waals surface area contributed by atoms with E-state index in [2.05, 4.69) is 9.59 Å². The molecule has 0 spiro atoms. The van der Waals surface area contributed by atoms with E-state index in [4.69, 9.17) is 0 Å². The van der Waals surface area contributed by atoms with Gasteiger partial charge >= 0.3 is 5.97 Å². The highest BCUT2D eigenvalue weighted by Gasteiger charge is 2.44. The number of rotatable bonds is 2. The lowest BCUT2D eigenvalue weighted by Gasteiger charge is -2.46. The molecule has 0 bridgehead atoms. The van der Waals surface area contributed by atoms with Gasteiger partial charge in [0.25, 0.3) is 5.91 Å². The van der Waals surface area contributed by atoms with E-state index in [1.165, 1.54) is 6.42 Å². The van der Waals surface area contributed by atoms with Crippen molar-refractivity contribution in [2.45, 2.75) is 50.6 Å². The van der Waals surface area contributed by atoms with Gasteiger partial charge < -0.3 is 10.0 Å². The molecule has 1 N–H and O–H groups in total. The van der Waals surface area contributed by atoms with Crippen molar-refractivity contribution in [3.63, 3.8) is 0 Å². The maximum atomic E-state index is 12.6. The van der Waals surface area contributed by atoms with Gasteiger partial charge in [-0.3, -0.25) is 4.79 Å². The van der Waals surface area contributed by atoms with Gasteiger partial charge in [0.15, 0.2) is 5.69 Å². The van der Waals surface area contributed by atoms with Crippen molar-refractivity contribution in [2.24, 2.45) is 5.92 Å². The van der Waals surface area contributed by atoms with Crippen LogP contribution in [0.1, 0.15) is 49.0 Å². The predicted octanol–water partition coefficient (Wildman–Crippen LogP) is 1.79. The van der Waals surface area contributed by atoms with Gasteiger partial charge in [0.2, 0.25) is 0 Å². The molecule has 1 saturated carbocycles. The zero-order chi connectivity index (χ0) is 14.1. The lowest BCUT2D eigenvalue weighted by atomic mass is 9.76. The summed E-state index contributed by atoms with van der Waals surface area (Å²) in [6.07, 6.45) is 5.68. The van der Waals surface area contributed by atoms with Crippen LogP contribution in [0.25, 0.3) is 0 Å². The number of carbonyl (C=O) groups is 2. The summed E-state index contributed by atoms with van der Waals surface area (Å²) in [6, 6.07) is -0.670. The van der Waals surface area contributed by atoms with Crippen molar-refractivity contribution in [3.8, 4) is 0 Å². The molecule has 1 saturated heterocycles. The van der Waals surface area contributed by atoms with Crippen molar-refractivity contribution in [2.75, 3.05) is 0 Å². The van der Waals surface area contributed by atoms with Crippen molar-refractivity contribution >= 4 is 23.4 Å². The first-order valence-electron chi connectivity index (χ1n) is 7.01. The average Bonchev–Trinajstić information content (AvgIpc) is 2.99. The minimum atomic E-state index is -0.912. The third kappa shape index (κ3) is 2.30. The third-order valence-electron chi connectivity index (χ3n) is 4.47. The maximum absolute atomic E-state index is 12.6. The fraction of sp³-hybridized carbons (Fsp3) is 0.692. The summed E-state index contributed by atoms with van der Waals surface area (Å²) in [5.41, 5.74) is 0.271. The highest BCUT2D eigenvalue weighted by atomic mass is 32.1. The smallest absolute Gasteiger partial charge is 0.326 e. The normalized spacial score (nSPS) is 29.8. The molecule has 6 nitrogen and oxygen atoms in total. The summed E-state index contributed by atoms with van der Waals surface area (Å²) in [5, 5.41) is 14.8. The van der Waals surface area contributed by atoms with Crippen LogP contribution in [0.2, 0.25) is 0 Å². The van der Waals surface area contributed by atoms with Gasteiger partial charge in [-0.1, -0.05) is 17.3 Å². The van der Waals surface area contributed by atoms with E-state index in [9.17, 15) is 14.7 Å². The van der Waals surface area contributed by atoms with Crippen LogP contribution >= 0.6 is 11.5 Å². The Morgan fingerprint density at radius 2 is 2.05 bits per heavy atom. The second kappa shape index (κ2) is 5.47. The Labute approximate surface area is 121 Å². The van der Waals surface area contributed by atoms with E-state index < -0.39 is 12.0 Å². The van der Waals surface area contributed by atoms with Crippen molar-refractivity contribution in [3.05, 3.63) is 11.1 Å². The lowest BCUT2D eigenvalue weighted by molar-refractivity contribution is -0.146. The molecule has 1 aromatic rings. The number of fused-ring (bicyclic) bond motifs is 1. The molecule has 0 radical (unpaired) electrons. The Kier molecular flexibility index (Phi) is 3.69. The maximum Gasteiger partial charge on any atom is 0.326 e. The molecule has 2 fully saturated rings. The summed E-state index contributed by atoms with van der Waals surface area (Å²) in [6.45, 7) is 0. The van der Waals surface area contributed by atoms with E-state index in [0.29, 0.717) is 12.3 Å². The van der Waals surface area contributed by atoms with Crippen LogP contribution in [0.15, 0.2) is 5.38 Å². The number of hydrogen-bond acceptors (Lipinski definition) is 5. The molecule has 3 unspecified atom stereocenters. The molecule has 1 amide bonds. The summed E-state index contributed by atoms with van der Waals surface area (Å²) in [7, 11) is 0. The van der Waals surface area contributed by atoms with E-state index >= 15 is 0 Å². The van der Waals surface area contributed by atoms with Crippen molar-refractivity contribution in [1.82, 2.24) is 14.5 Å². The first-order chi connectivity index (χ1) is 9.68. The van der Waals surface area contributed by atoms with Crippen LogP contribution in [0.5, 0.6) is 0 Å². The van der Waals surface area contributed by atoms with Crippen LogP contribution in [-0.2, 0) is 4.79 Å². The molecule has 1 aliphatic heterocycles. The summed E-state index contributed by atoms with van der Waals surface area (Å²) in [5.74, 6) is -0.747. The topological polar surface area (TPSA) is 83.4 Å². The molecule has 108 valence electrons. The molecule has 0 aromatic carbocycles. The number of hydrogen-bond donors (Lipinski definition) is 1. The minimum absolute atomic E-state index is 0.0489. The molecular weight excluding hydrogens is 278 g/mol. The summed E-state index contributed by atoms with van der Waals surface area (Å²) < 4.78 is 3.71. The van der Waals surface area contributed by atoms with E-state index in [-0.39, 0.29) is 17.6 Å². The predicted molar refractivity (Wildman–Crippen MR) is 72.5 cm³/mol. The van der Waals surface area contributed by atoms with E-state index in [1.807, 2.05) is 0 Å². The molecule has 20 heavy (non-hydrogen) atoms. The summed E-state index contributed by atoms with van der Waals surface area (Å²) in [4.78, 5) is 25.7. The van der Waals surface area contributed by atoms with E-state index in [1.54, 1.807) is 10.3 Å². The Hall–Kier alpha value is -1.50. The van der Waals surface area contributed by atoms with Gasteiger partial charge in [-0.25, -0.2) is 4.79 Å². The van der Waals surface area contributed by atoms with Crippen molar-refractivity contribution in [1.29, 1.82) is 0 Å². The average molecular weight is 295 g/mol. The standard InChI is InChI=1S/C13H17N3O3S/c17-12(9-7-20-15-14-9)16-10-4-2-1-3-8(10)5-6-11(16)13(18)19/h7-8,10-11H,1-6H2,(H,18,19). The molecule has 3 rings (SSSR count). The van der Waals surface area contributed by atoms with Gasteiger partial charge in [0, 0.05) is 11.4 Å². The molecule has 1 aliphatic carbocycles. The van der Waals surface area contributed by atoms with Crippen LogP contribution in [-0.4, -0.2) is 43.6 Å². The number of carboxylic acid groups (broad SMARTS) is 1. The van der Waals surface area contributed by atoms with Crippen LogP contribution < -0.4 is 0 Å². The second-order valence-corrected chi connectivity index (χ2v) is 6.16. The van der Waals surface area contributed by atoms with Crippen LogP contribution in [0, 0.1) is 5.92 Å². The molecule has 7 heteroatoms. The molecule has 2 heterocycles. The van der Waals surface area contributed by atoms with Gasteiger partial charge in [-0.05, 0) is 43.1 Å². The SMILES string of the molecule is O=C(O)C1CCC2CCCCC2N1C(=O)c1csnn1. The third-order valence-corrected chi connectivity index (χ3v) is 4.98. The van der Waals surface area contributed by atoms with Gasteiger partial charge in [0.1, 0.15) is 6.04 Å². The van der Waals surface area contributed by atoms with Crippen LogP contribution in [0.3, 0.4) is 0 Å². The van der Waals surface area contributed by atoms with E-state index in [0.717, 1.165) is 37.2 Å². The number of piperidine rings is 1. The zero-order valence-corrected chi connectivity index (χ0v) is 11.9. The lowest BCUT2D eigenvalue weighted by Crippen LogP contribution is -2.57. The minimum Gasteiger partial charge on any atom is -0.480 e. The zero-order valence-electron chi connectivity index (χ0n) is 11.1. The van der Waals surface area contributed by atoms with Gasteiger partial charge in [0.05, 0.1) is 0 Å². The fourth-order valence-electron chi connectivity index (χ4n) is 3.56. The Morgan fingerprint density at radius 1 is 1.25 bits per heavy atom. The number of likely N-dealkylation sites (tertiary alicyclic amines) is 1.